The van der Waals surface area contributed by atoms with Gasteiger partial charge in [-0.05, 0) is 86.8 Å². The molecule has 10 nitrogen and oxygen atoms in total. The van der Waals surface area contributed by atoms with Crippen LogP contribution >= 0.6 is 12.0 Å². The summed E-state index contributed by atoms with van der Waals surface area (Å²) in [6.45, 7) is 12.2. The standard InChI is InChI=1S/C33H42N4O6S/c1-7-20-18(5)32(42)36-27(20)14-25-17(4)22(10-12-31(40)41)29(35-25)15-28-21(9-11-30(38)39)16(3)24(34-28)13-26-19(6)23(8-2)33(37-26)43-44-33/h26,34-35,37H,7-15H2,1-6H3,(H,38,39)(H,40,41)/t26?,33-/m1/s1. The number of nitrogens with one attached hydrogen (secondary N) is 3. The number of carbonyl (C=O) groups excluding carboxylic acids is 1. The highest BCUT2D eigenvalue weighted by molar-refractivity contribution is 8.01. The number of rotatable bonds is 14. The first-order chi connectivity index (χ1) is 20.9. The van der Waals surface area contributed by atoms with Gasteiger partial charge >= 0.3 is 11.9 Å². The molecule has 5 N–H and O–H groups in total. The van der Waals surface area contributed by atoms with Crippen LogP contribution in [-0.4, -0.2) is 54.8 Å². The molecule has 5 rings (SSSR count). The summed E-state index contributed by atoms with van der Waals surface area (Å²) >= 11 is 1.46. The average Bonchev–Trinajstić information content (AvgIpc) is 3.38. The summed E-state index contributed by atoms with van der Waals surface area (Å²) < 4.78 is 5.74. The molecule has 1 amide bonds. The lowest BCUT2D eigenvalue weighted by Crippen LogP contribution is -2.35. The van der Waals surface area contributed by atoms with Gasteiger partial charge in [-0.15, -0.1) is 0 Å². The van der Waals surface area contributed by atoms with E-state index in [0.717, 1.165) is 62.7 Å². The van der Waals surface area contributed by atoms with E-state index in [-0.39, 0.29) is 24.8 Å². The highest BCUT2D eigenvalue weighted by Gasteiger charge is 2.56. The third-order valence-electron chi connectivity index (χ3n) is 9.50. The molecule has 2 aromatic rings. The maximum atomic E-state index is 12.3. The summed E-state index contributed by atoms with van der Waals surface area (Å²) in [6, 6.07) is 0.0992. The molecule has 2 aromatic heterocycles. The fraction of sp³-hybridized carbons (Fsp3) is 0.515. The number of aromatic amines is 2. The second-order valence-corrected chi connectivity index (χ2v) is 12.9. The molecule has 5 heterocycles. The molecule has 1 fully saturated rings. The van der Waals surface area contributed by atoms with E-state index in [1.807, 2.05) is 27.7 Å². The smallest absolute Gasteiger partial charge is 0.303 e. The van der Waals surface area contributed by atoms with Crippen LogP contribution in [0.2, 0.25) is 0 Å². The average molecular weight is 623 g/mol. The van der Waals surface area contributed by atoms with Gasteiger partial charge in [0.25, 0.3) is 5.91 Å². The molecule has 1 spiro atoms. The Morgan fingerprint density at radius 3 is 1.95 bits per heavy atom. The number of nitrogens with zero attached hydrogens (tertiary/aromatic N) is 1. The molecule has 236 valence electrons. The van der Waals surface area contributed by atoms with Crippen LogP contribution in [0.15, 0.2) is 27.3 Å². The van der Waals surface area contributed by atoms with Crippen molar-refractivity contribution in [2.45, 2.75) is 110 Å². The number of carboxylic acid groups (broad SMARTS) is 2. The lowest BCUT2D eigenvalue weighted by atomic mass is 9.96. The lowest BCUT2D eigenvalue weighted by molar-refractivity contribution is -0.138. The van der Waals surface area contributed by atoms with E-state index in [1.54, 1.807) is 0 Å². The van der Waals surface area contributed by atoms with E-state index >= 15 is 0 Å². The van der Waals surface area contributed by atoms with Crippen molar-refractivity contribution in [3.63, 3.8) is 0 Å². The first kappa shape index (κ1) is 32.0. The van der Waals surface area contributed by atoms with Gasteiger partial charge in [0.1, 0.15) is 0 Å². The zero-order chi connectivity index (χ0) is 31.9. The van der Waals surface area contributed by atoms with Gasteiger partial charge < -0.3 is 20.2 Å². The quantitative estimate of drug-likeness (QED) is 0.106. The van der Waals surface area contributed by atoms with Crippen molar-refractivity contribution in [3.05, 3.63) is 67.3 Å². The highest BCUT2D eigenvalue weighted by Crippen LogP contribution is 2.56. The van der Waals surface area contributed by atoms with E-state index in [0.29, 0.717) is 44.1 Å². The topological polar surface area (TPSA) is 160 Å². The van der Waals surface area contributed by atoms with Crippen molar-refractivity contribution in [2.24, 2.45) is 4.99 Å². The van der Waals surface area contributed by atoms with Gasteiger partial charge in [-0.3, -0.25) is 23.9 Å². The van der Waals surface area contributed by atoms with Crippen LogP contribution in [0.3, 0.4) is 0 Å². The monoisotopic (exact) mass is 622 g/mol. The fourth-order valence-corrected chi connectivity index (χ4v) is 7.76. The molecular formula is C33H42N4O6S. The van der Waals surface area contributed by atoms with Crippen LogP contribution in [-0.2, 0) is 50.7 Å². The molecule has 1 saturated heterocycles. The number of aliphatic carboxylic acids is 2. The van der Waals surface area contributed by atoms with Crippen LogP contribution in [0, 0.1) is 13.8 Å². The van der Waals surface area contributed by atoms with Gasteiger partial charge in [-0.1, -0.05) is 19.4 Å². The molecule has 0 radical (unpaired) electrons. The zero-order valence-electron chi connectivity index (χ0n) is 26.3. The molecule has 0 bridgehead atoms. The number of aromatic nitrogens is 2. The normalized spacial score (nSPS) is 21.3. The van der Waals surface area contributed by atoms with E-state index in [4.69, 9.17) is 4.18 Å². The van der Waals surface area contributed by atoms with Crippen LogP contribution in [0.4, 0.5) is 0 Å². The number of H-pyrrole nitrogens is 2. The van der Waals surface area contributed by atoms with Crippen molar-refractivity contribution < 1.29 is 28.8 Å². The third kappa shape index (κ3) is 6.09. The number of hydrogen-bond acceptors (Lipinski definition) is 6. The number of allylic oxidation sites excluding steroid dienone is 1. The molecule has 44 heavy (non-hydrogen) atoms. The summed E-state index contributed by atoms with van der Waals surface area (Å²) in [5.74, 6) is -1.92. The van der Waals surface area contributed by atoms with Gasteiger partial charge in [0.05, 0.1) is 17.8 Å². The minimum Gasteiger partial charge on any atom is -0.481 e. The molecule has 1 unspecified atom stereocenters. The first-order valence-corrected chi connectivity index (χ1v) is 16.1. The lowest BCUT2D eigenvalue weighted by Gasteiger charge is -2.13. The third-order valence-corrected chi connectivity index (χ3v) is 10.4. The zero-order valence-corrected chi connectivity index (χ0v) is 27.1. The Labute approximate surface area is 262 Å². The maximum absolute atomic E-state index is 12.3. The molecule has 0 aliphatic carbocycles. The van der Waals surface area contributed by atoms with E-state index in [2.05, 4.69) is 34.1 Å². The molecule has 0 saturated carbocycles. The Hall–Kier alpha value is -3.41. The summed E-state index contributed by atoms with van der Waals surface area (Å²) in [6.07, 6.45) is 4.02. The Morgan fingerprint density at radius 2 is 1.45 bits per heavy atom. The number of carbonyl (C=O) groups is 3. The Bertz CT molecular complexity index is 1620. The second-order valence-electron chi connectivity index (χ2n) is 12.0. The van der Waals surface area contributed by atoms with Gasteiger partial charge in [0, 0.05) is 66.5 Å². The Balaban J connectivity index is 1.49. The number of amides is 1. The minimum atomic E-state index is -0.870. The second kappa shape index (κ2) is 12.5. The van der Waals surface area contributed by atoms with E-state index < -0.39 is 17.0 Å². The summed E-state index contributed by atoms with van der Waals surface area (Å²) in [5, 5.41) is 22.2. The van der Waals surface area contributed by atoms with Crippen molar-refractivity contribution in [1.82, 2.24) is 15.3 Å². The summed E-state index contributed by atoms with van der Waals surface area (Å²) in [5.41, 5.74) is 12.7. The maximum Gasteiger partial charge on any atom is 0.303 e. The van der Waals surface area contributed by atoms with Gasteiger partial charge in [-0.2, -0.15) is 0 Å². The van der Waals surface area contributed by atoms with Crippen LogP contribution in [0.5, 0.6) is 0 Å². The van der Waals surface area contributed by atoms with E-state index in [9.17, 15) is 24.6 Å². The minimum absolute atomic E-state index is 0.00871. The number of carboxylic acids is 2. The van der Waals surface area contributed by atoms with Crippen LogP contribution in [0.1, 0.15) is 98.4 Å². The van der Waals surface area contributed by atoms with Crippen molar-refractivity contribution in [1.29, 1.82) is 0 Å². The molecular weight excluding hydrogens is 580 g/mol. The highest BCUT2D eigenvalue weighted by atomic mass is 32.2. The van der Waals surface area contributed by atoms with Crippen molar-refractivity contribution in [2.75, 3.05) is 0 Å². The summed E-state index contributed by atoms with van der Waals surface area (Å²) in [7, 11) is 0. The molecule has 3 aliphatic heterocycles. The Kier molecular flexibility index (Phi) is 9.11. The summed E-state index contributed by atoms with van der Waals surface area (Å²) in [4.78, 5) is 47.1. The van der Waals surface area contributed by atoms with Crippen LogP contribution < -0.4 is 5.32 Å². The van der Waals surface area contributed by atoms with Gasteiger partial charge in [0.2, 0.25) is 5.06 Å². The molecule has 0 aromatic carbocycles. The van der Waals surface area contributed by atoms with Gasteiger partial charge in [0.15, 0.2) is 0 Å². The first-order valence-electron chi connectivity index (χ1n) is 15.4. The fourth-order valence-electron chi connectivity index (χ4n) is 6.93. The van der Waals surface area contributed by atoms with Crippen molar-refractivity contribution in [3.8, 4) is 0 Å². The molecule has 3 aliphatic rings. The SMILES string of the molecule is CCC1=C(C)C(=O)N=C1Cc1[nH]c(Cc2[nH]c(CC3N[C@@]4(OS4)C(CC)=C3C)c(C)c2CCC(=O)O)c(CCC(=O)O)c1C. The number of aliphatic imine (C=N–C) groups is 1. The van der Waals surface area contributed by atoms with Crippen LogP contribution in [0.25, 0.3) is 0 Å². The molecule has 2 atom stereocenters. The predicted molar refractivity (Wildman–Crippen MR) is 170 cm³/mol. The molecule has 11 heteroatoms. The van der Waals surface area contributed by atoms with Crippen molar-refractivity contribution >= 4 is 35.6 Å². The number of hydrogen-bond donors (Lipinski definition) is 5. The Morgan fingerprint density at radius 1 is 0.886 bits per heavy atom. The van der Waals surface area contributed by atoms with E-state index in [1.165, 1.54) is 23.2 Å². The van der Waals surface area contributed by atoms with Gasteiger partial charge in [-0.25, -0.2) is 4.99 Å². The largest absolute Gasteiger partial charge is 0.481 e. The predicted octanol–water partition coefficient (Wildman–Crippen LogP) is 5.41.